The van der Waals surface area contributed by atoms with Crippen LogP contribution in [-0.2, 0) is 11.3 Å². The fourth-order valence-corrected chi connectivity index (χ4v) is 4.25. The Morgan fingerprint density at radius 3 is 2.35 bits per heavy atom. The van der Waals surface area contributed by atoms with Gasteiger partial charge in [-0.15, -0.1) is 11.3 Å². The molecule has 5 heteroatoms. The summed E-state index contributed by atoms with van der Waals surface area (Å²) in [4.78, 5) is 1.11. The molecule has 3 nitrogen and oxygen atoms in total. The van der Waals surface area contributed by atoms with Gasteiger partial charge in [0.2, 0.25) is 0 Å². The molecule has 0 bridgehead atoms. The van der Waals surface area contributed by atoms with Crippen molar-refractivity contribution in [2.24, 2.45) is 0 Å². The maximum atomic E-state index is 11.6. The van der Waals surface area contributed by atoms with Gasteiger partial charge in [-0.1, -0.05) is 24.3 Å². The Hall–Kier alpha value is -1.17. The minimum atomic E-state index is -2.03. The van der Waals surface area contributed by atoms with E-state index in [4.69, 9.17) is 0 Å². The normalized spacial score (nSPS) is 13.2. The molecule has 1 aromatic heterocycles. The van der Waals surface area contributed by atoms with Crippen molar-refractivity contribution in [3.8, 4) is 10.4 Å². The predicted molar refractivity (Wildman–Crippen MR) is 87.5 cm³/mol. The lowest BCUT2D eigenvalue weighted by Gasteiger charge is -2.32. The average Bonchev–Trinajstić information content (AvgIpc) is 2.76. The van der Waals surface area contributed by atoms with E-state index in [2.05, 4.69) is 19.1 Å². The Labute approximate surface area is 126 Å². The van der Waals surface area contributed by atoms with Gasteiger partial charge in [0.05, 0.1) is 0 Å². The summed E-state index contributed by atoms with van der Waals surface area (Å²) in [5, 5.41) is 0.802. The maximum absolute atomic E-state index is 11.6. The molecule has 0 aliphatic carbocycles. The van der Waals surface area contributed by atoms with Crippen LogP contribution < -0.4 is 4.31 Å². The van der Waals surface area contributed by atoms with Gasteiger partial charge in [0, 0.05) is 10.4 Å². The molecule has 20 heavy (non-hydrogen) atoms. The standard InChI is InChI=1S/C15H19NO2S2/c1-11-7-5-6-8-12(11)13-9-10-14(19-13)16(20(17)18)15(2,3)4/h5-10H,1-4H3,(H,17,18). The summed E-state index contributed by atoms with van der Waals surface area (Å²) in [6, 6.07) is 12.1. The summed E-state index contributed by atoms with van der Waals surface area (Å²) >= 11 is -0.492. The van der Waals surface area contributed by atoms with Crippen molar-refractivity contribution in [2.45, 2.75) is 33.2 Å². The van der Waals surface area contributed by atoms with Crippen LogP contribution >= 0.6 is 11.3 Å². The van der Waals surface area contributed by atoms with E-state index in [1.54, 1.807) is 0 Å². The molecule has 0 aliphatic rings. The molecule has 2 aromatic rings. The van der Waals surface area contributed by atoms with Crippen molar-refractivity contribution in [2.75, 3.05) is 4.31 Å². The van der Waals surface area contributed by atoms with Gasteiger partial charge in [-0.3, -0.25) is 8.86 Å². The Morgan fingerprint density at radius 1 is 1.15 bits per heavy atom. The van der Waals surface area contributed by atoms with Gasteiger partial charge in [-0.2, -0.15) is 0 Å². The summed E-state index contributed by atoms with van der Waals surface area (Å²) in [6.45, 7) is 7.84. The van der Waals surface area contributed by atoms with Gasteiger partial charge in [-0.05, 0) is 51.0 Å². The first-order chi connectivity index (χ1) is 9.30. The van der Waals surface area contributed by atoms with Crippen LogP contribution in [0.1, 0.15) is 26.3 Å². The zero-order chi connectivity index (χ0) is 14.9. The topological polar surface area (TPSA) is 40.5 Å². The second-order valence-corrected chi connectivity index (χ2v) is 7.54. The van der Waals surface area contributed by atoms with E-state index in [1.165, 1.54) is 26.8 Å². The second kappa shape index (κ2) is 5.68. The van der Waals surface area contributed by atoms with E-state index in [0.717, 1.165) is 9.88 Å². The first-order valence-electron chi connectivity index (χ1n) is 6.38. The third-order valence-corrected chi connectivity index (χ3v) is 5.24. The molecule has 1 heterocycles. The highest BCUT2D eigenvalue weighted by molar-refractivity contribution is 7.81. The third-order valence-electron chi connectivity index (χ3n) is 2.97. The van der Waals surface area contributed by atoms with E-state index in [-0.39, 0.29) is 0 Å². The molecule has 1 unspecified atom stereocenters. The first kappa shape index (κ1) is 15.2. The molecule has 0 amide bonds. The molecule has 0 spiro atoms. The van der Waals surface area contributed by atoms with Crippen LogP contribution in [0, 0.1) is 6.92 Å². The van der Waals surface area contributed by atoms with Crippen LogP contribution in [0.15, 0.2) is 36.4 Å². The number of benzene rings is 1. The summed E-state index contributed by atoms with van der Waals surface area (Å²) in [7, 11) is 0. The molecule has 0 saturated heterocycles. The van der Waals surface area contributed by atoms with Crippen LogP contribution in [0.2, 0.25) is 0 Å². The molecular weight excluding hydrogens is 290 g/mol. The molecule has 0 fully saturated rings. The highest BCUT2D eigenvalue weighted by Gasteiger charge is 2.28. The van der Waals surface area contributed by atoms with Gasteiger partial charge in [-0.25, -0.2) is 4.21 Å². The molecule has 0 radical (unpaired) electrons. The lowest BCUT2D eigenvalue weighted by Crippen LogP contribution is -2.42. The number of anilines is 1. The zero-order valence-electron chi connectivity index (χ0n) is 12.1. The molecule has 108 valence electrons. The minimum absolute atomic E-state index is 0.409. The monoisotopic (exact) mass is 309 g/mol. The van der Waals surface area contributed by atoms with Crippen molar-refractivity contribution in [3.05, 3.63) is 42.0 Å². The molecule has 1 atom stereocenters. The van der Waals surface area contributed by atoms with Crippen molar-refractivity contribution in [1.29, 1.82) is 0 Å². The Bertz CT molecular complexity index is 629. The van der Waals surface area contributed by atoms with Gasteiger partial charge in [0.15, 0.2) is 0 Å². The van der Waals surface area contributed by atoms with E-state index in [9.17, 15) is 8.76 Å². The van der Waals surface area contributed by atoms with Crippen molar-refractivity contribution >= 4 is 27.6 Å². The summed E-state index contributed by atoms with van der Waals surface area (Å²) in [5.41, 5.74) is 1.96. The smallest absolute Gasteiger partial charge is 0.262 e. The molecular formula is C15H19NO2S2. The first-order valence-corrected chi connectivity index (χ1v) is 8.26. The Morgan fingerprint density at radius 2 is 1.80 bits per heavy atom. The van der Waals surface area contributed by atoms with Gasteiger partial charge >= 0.3 is 0 Å². The number of nitrogens with zero attached hydrogens (tertiary/aromatic N) is 1. The van der Waals surface area contributed by atoms with E-state index in [1.807, 2.05) is 45.0 Å². The molecule has 0 aliphatic heterocycles. The number of hydrogen-bond donors (Lipinski definition) is 1. The maximum Gasteiger partial charge on any atom is 0.262 e. The number of thiophene rings is 1. The van der Waals surface area contributed by atoms with Gasteiger partial charge in [0.1, 0.15) is 5.00 Å². The van der Waals surface area contributed by atoms with E-state index < -0.39 is 16.8 Å². The summed E-state index contributed by atoms with van der Waals surface area (Å²) in [6.07, 6.45) is 0. The van der Waals surface area contributed by atoms with Gasteiger partial charge < -0.3 is 0 Å². The van der Waals surface area contributed by atoms with Crippen molar-refractivity contribution in [1.82, 2.24) is 0 Å². The predicted octanol–water partition coefficient (Wildman–Crippen LogP) is 4.47. The largest absolute Gasteiger partial charge is 0.289 e. The highest BCUT2D eigenvalue weighted by atomic mass is 32.2. The van der Waals surface area contributed by atoms with Crippen molar-refractivity contribution < 1.29 is 8.76 Å². The average molecular weight is 309 g/mol. The Balaban J connectivity index is 2.43. The Kier molecular flexibility index (Phi) is 4.32. The molecule has 0 saturated carbocycles. The SMILES string of the molecule is Cc1ccccc1-c1ccc(N(S(=O)O)C(C)(C)C)s1. The van der Waals surface area contributed by atoms with E-state index >= 15 is 0 Å². The van der Waals surface area contributed by atoms with Gasteiger partial charge in [0.25, 0.3) is 11.3 Å². The number of aryl methyl sites for hydroxylation is 1. The number of rotatable bonds is 3. The second-order valence-electron chi connectivity index (χ2n) is 5.65. The fraction of sp³-hybridized carbons (Fsp3) is 0.333. The minimum Gasteiger partial charge on any atom is -0.289 e. The molecule has 1 N–H and O–H groups in total. The molecule has 1 aromatic carbocycles. The van der Waals surface area contributed by atoms with Crippen molar-refractivity contribution in [3.63, 3.8) is 0 Å². The van der Waals surface area contributed by atoms with Crippen LogP contribution in [0.5, 0.6) is 0 Å². The van der Waals surface area contributed by atoms with Crippen LogP contribution in [0.4, 0.5) is 5.00 Å². The molecule has 2 rings (SSSR count). The fourth-order valence-electron chi connectivity index (χ4n) is 2.07. The lowest BCUT2D eigenvalue weighted by molar-refractivity contribution is 0.516. The third kappa shape index (κ3) is 3.11. The zero-order valence-corrected chi connectivity index (χ0v) is 13.7. The lowest BCUT2D eigenvalue weighted by atomic mass is 10.1. The van der Waals surface area contributed by atoms with Crippen LogP contribution in [0.3, 0.4) is 0 Å². The van der Waals surface area contributed by atoms with E-state index in [0.29, 0.717) is 0 Å². The van der Waals surface area contributed by atoms with Crippen LogP contribution in [0.25, 0.3) is 10.4 Å². The summed E-state index contributed by atoms with van der Waals surface area (Å²) in [5.74, 6) is 0. The summed E-state index contributed by atoms with van der Waals surface area (Å²) < 4.78 is 22.7. The highest BCUT2D eigenvalue weighted by Crippen LogP contribution is 2.38. The quantitative estimate of drug-likeness (QED) is 0.850. The number of hydrogen-bond acceptors (Lipinski definition) is 2. The van der Waals surface area contributed by atoms with Crippen LogP contribution in [-0.4, -0.2) is 14.3 Å².